The number of thioether (sulfide) groups is 1. The first-order chi connectivity index (χ1) is 10.4. The van der Waals surface area contributed by atoms with Gasteiger partial charge in [-0.2, -0.15) is 0 Å². The molecule has 2 fully saturated rings. The number of fused-ring (bicyclic) bond motifs is 2. The lowest BCUT2D eigenvalue weighted by molar-refractivity contribution is 0.199. The maximum absolute atomic E-state index is 5.01. The highest BCUT2D eigenvalue weighted by Crippen LogP contribution is 2.49. The molecule has 0 spiro atoms. The van der Waals surface area contributed by atoms with Gasteiger partial charge < -0.3 is 10.1 Å². The molecule has 118 valence electrons. The molecule has 3 unspecified atom stereocenters. The topological polar surface area (TPSA) is 64.9 Å². The predicted octanol–water partition coefficient (Wildman–Crippen LogP) is 1.44. The van der Waals surface area contributed by atoms with Crippen molar-refractivity contribution in [3.8, 4) is 0 Å². The second-order valence-electron chi connectivity index (χ2n) is 6.17. The Balaban J connectivity index is 1.40. The molecule has 2 aliphatic rings. The van der Waals surface area contributed by atoms with Gasteiger partial charge in [0.05, 0.1) is 13.2 Å². The molecule has 1 aromatic rings. The molecule has 0 saturated heterocycles. The molecule has 0 amide bonds. The number of rotatable bonds is 9. The Labute approximate surface area is 130 Å². The molecular weight excluding hydrogens is 286 g/mol. The predicted molar refractivity (Wildman–Crippen MR) is 82.2 cm³/mol. The number of ether oxygens (including phenoxy) is 1. The van der Waals surface area contributed by atoms with E-state index in [4.69, 9.17) is 4.74 Å². The summed E-state index contributed by atoms with van der Waals surface area (Å²) in [4.78, 5) is 0. The molecule has 2 aliphatic carbocycles. The third-order valence-electron chi connectivity index (χ3n) is 4.79. The number of nitrogens with zero attached hydrogens (tertiary/aromatic N) is 4. The fraction of sp³-hybridized carbons (Fsp3) is 0.929. The lowest BCUT2D eigenvalue weighted by atomic mass is 9.90. The van der Waals surface area contributed by atoms with Crippen molar-refractivity contribution in [1.29, 1.82) is 0 Å². The van der Waals surface area contributed by atoms with Gasteiger partial charge in [-0.05, 0) is 47.4 Å². The highest BCUT2D eigenvalue weighted by molar-refractivity contribution is 7.99. The zero-order valence-corrected chi connectivity index (χ0v) is 13.5. The Kier molecular flexibility index (Phi) is 5.49. The molecule has 1 heterocycles. The molecule has 0 aromatic carbocycles. The monoisotopic (exact) mass is 311 g/mol. The zero-order chi connectivity index (χ0) is 14.5. The third kappa shape index (κ3) is 3.96. The van der Waals surface area contributed by atoms with Crippen LogP contribution in [0.5, 0.6) is 0 Å². The van der Waals surface area contributed by atoms with Crippen molar-refractivity contribution in [2.45, 2.75) is 37.4 Å². The van der Waals surface area contributed by atoms with Crippen LogP contribution in [0.2, 0.25) is 0 Å². The first-order valence-corrected chi connectivity index (χ1v) is 8.94. The smallest absolute Gasteiger partial charge is 0.209 e. The quantitative estimate of drug-likeness (QED) is 0.550. The summed E-state index contributed by atoms with van der Waals surface area (Å²) < 4.78 is 6.92. The Hall–Kier alpha value is -0.660. The van der Waals surface area contributed by atoms with Crippen molar-refractivity contribution in [2.75, 3.05) is 32.6 Å². The van der Waals surface area contributed by atoms with Gasteiger partial charge in [-0.15, -0.1) is 5.10 Å². The number of aromatic nitrogens is 4. The number of hydrogen-bond donors (Lipinski definition) is 1. The Morgan fingerprint density at radius 3 is 3.05 bits per heavy atom. The fourth-order valence-electron chi connectivity index (χ4n) is 3.69. The van der Waals surface area contributed by atoms with Gasteiger partial charge in [-0.1, -0.05) is 18.2 Å². The van der Waals surface area contributed by atoms with E-state index in [2.05, 4.69) is 20.8 Å². The largest absolute Gasteiger partial charge is 0.383 e. The van der Waals surface area contributed by atoms with Gasteiger partial charge in [0.2, 0.25) is 5.16 Å². The minimum Gasteiger partial charge on any atom is -0.383 e. The lowest BCUT2D eigenvalue weighted by Gasteiger charge is -2.20. The Morgan fingerprint density at radius 2 is 2.29 bits per heavy atom. The third-order valence-corrected chi connectivity index (χ3v) is 5.94. The summed E-state index contributed by atoms with van der Waals surface area (Å²) in [5.74, 6) is 4.06. The molecule has 0 radical (unpaired) electrons. The standard InChI is InChI=1S/C14H25N5OS/c1-20-7-5-15-4-6-19-14(16-17-18-19)21-10-13-9-11-2-3-12(13)8-11/h11-13,15H,2-10H2,1H3. The molecule has 7 heteroatoms. The minimum absolute atomic E-state index is 0.738. The fourth-order valence-corrected chi connectivity index (χ4v) is 4.83. The average molecular weight is 311 g/mol. The van der Waals surface area contributed by atoms with Crippen molar-refractivity contribution in [3.63, 3.8) is 0 Å². The van der Waals surface area contributed by atoms with E-state index in [1.807, 2.05) is 16.4 Å². The van der Waals surface area contributed by atoms with Crippen molar-refractivity contribution in [3.05, 3.63) is 0 Å². The molecule has 0 aliphatic heterocycles. The maximum Gasteiger partial charge on any atom is 0.209 e. The lowest BCUT2D eigenvalue weighted by Crippen LogP contribution is -2.24. The molecule has 1 N–H and O–H groups in total. The van der Waals surface area contributed by atoms with E-state index >= 15 is 0 Å². The molecule has 1 aromatic heterocycles. The van der Waals surface area contributed by atoms with Crippen molar-refractivity contribution in [1.82, 2.24) is 25.5 Å². The molecule has 3 atom stereocenters. The van der Waals surface area contributed by atoms with Crippen LogP contribution in [0.4, 0.5) is 0 Å². The maximum atomic E-state index is 5.01. The number of tetrazole rings is 1. The summed E-state index contributed by atoms with van der Waals surface area (Å²) in [6, 6.07) is 0. The summed E-state index contributed by atoms with van der Waals surface area (Å²) >= 11 is 1.83. The van der Waals surface area contributed by atoms with Crippen LogP contribution in [0.3, 0.4) is 0 Å². The molecular formula is C14H25N5OS. The zero-order valence-electron chi connectivity index (χ0n) is 12.7. The van der Waals surface area contributed by atoms with Crippen LogP contribution >= 0.6 is 11.8 Å². The molecule has 2 bridgehead atoms. The van der Waals surface area contributed by atoms with E-state index in [1.54, 1.807) is 7.11 Å². The first-order valence-electron chi connectivity index (χ1n) is 7.95. The van der Waals surface area contributed by atoms with Gasteiger partial charge in [-0.25, -0.2) is 4.68 Å². The Morgan fingerprint density at radius 1 is 1.33 bits per heavy atom. The van der Waals surface area contributed by atoms with Crippen LogP contribution in [0, 0.1) is 17.8 Å². The summed E-state index contributed by atoms with van der Waals surface area (Å²) in [7, 11) is 1.72. The van der Waals surface area contributed by atoms with Gasteiger partial charge >= 0.3 is 0 Å². The molecule has 21 heavy (non-hydrogen) atoms. The van der Waals surface area contributed by atoms with Crippen molar-refractivity contribution < 1.29 is 4.74 Å². The second kappa shape index (κ2) is 7.56. The second-order valence-corrected chi connectivity index (χ2v) is 7.16. The van der Waals surface area contributed by atoms with Crippen LogP contribution in [0.25, 0.3) is 0 Å². The van der Waals surface area contributed by atoms with Crippen LogP contribution in [-0.4, -0.2) is 52.8 Å². The number of hydrogen-bond acceptors (Lipinski definition) is 6. The summed E-state index contributed by atoms with van der Waals surface area (Å²) in [6.07, 6.45) is 5.82. The first kappa shape index (κ1) is 15.2. The number of methoxy groups -OCH3 is 1. The molecule has 3 rings (SSSR count). The van der Waals surface area contributed by atoms with E-state index in [-0.39, 0.29) is 0 Å². The highest BCUT2D eigenvalue weighted by Gasteiger charge is 2.39. The summed E-state index contributed by atoms with van der Waals surface area (Å²) in [5.41, 5.74) is 0. The molecule has 6 nitrogen and oxygen atoms in total. The van der Waals surface area contributed by atoms with Crippen LogP contribution < -0.4 is 5.32 Å². The number of nitrogens with one attached hydrogen (secondary N) is 1. The van der Waals surface area contributed by atoms with Crippen LogP contribution in [0.1, 0.15) is 25.7 Å². The van der Waals surface area contributed by atoms with Gasteiger partial charge in [0.25, 0.3) is 0 Å². The van der Waals surface area contributed by atoms with E-state index in [0.29, 0.717) is 0 Å². The van der Waals surface area contributed by atoms with Crippen molar-refractivity contribution in [2.24, 2.45) is 17.8 Å². The van der Waals surface area contributed by atoms with Gasteiger partial charge in [0.1, 0.15) is 0 Å². The van der Waals surface area contributed by atoms with Gasteiger partial charge in [0, 0.05) is 26.0 Å². The van der Waals surface area contributed by atoms with E-state index in [1.165, 1.54) is 31.4 Å². The summed E-state index contributed by atoms with van der Waals surface area (Å²) in [6.45, 7) is 3.29. The Bertz CT molecular complexity index is 441. The molecule has 2 saturated carbocycles. The van der Waals surface area contributed by atoms with Crippen LogP contribution in [-0.2, 0) is 11.3 Å². The SMILES string of the molecule is COCCNCCn1nnnc1SCC1CC2CCC1C2. The average Bonchev–Trinajstić information content (AvgIpc) is 3.21. The summed E-state index contributed by atoms with van der Waals surface area (Å²) in [5, 5.41) is 16.4. The van der Waals surface area contributed by atoms with Gasteiger partial charge in [0.15, 0.2) is 0 Å². The van der Waals surface area contributed by atoms with E-state index in [0.717, 1.165) is 49.2 Å². The van der Waals surface area contributed by atoms with Gasteiger partial charge in [-0.3, -0.25) is 0 Å². The van der Waals surface area contributed by atoms with E-state index < -0.39 is 0 Å². The van der Waals surface area contributed by atoms with Crippen molar-refractivity contribution >= 4 is 11.8 Å². The minimum atomic E-state index is 0.738. The normalized spacial score (nSPS) is 27.6. The highest BCUT2D eigenvalue weighted by atomic mass is 32.2. The van der Waals surface area contributed by atoms with E-state index in [9.17, 15) is 0 Å². The van der Waals surface area contributed by atoms with Crippen LogP contribution in [0.15, 0.2) is 5.16 Å².